The van der Waals surface area contributed by atoms with E-state index in [4.69, 9.17) is 4.12 Å². The van der Waals surface area contributed by atoms with Crippen LogP contribution in [-0.2, 0) is 4.12 Å². The fourth-order valence-electron chi connectivity index (χ4n) is 0.288. The first-order valence-corrected chi connectivity index (χ1v) is 6.35. The van der Waals surface area contributed by atoms with Crippen molar-refractivity contribution in [3.8, 4) is 0 Å². The summed E-state index contributed by atoms with van der Waals surface area (Å²) in [6, 6.07) is 0. The molecule has 0 heterocycles. The molecule has 46 valence electrons. The van der Waals surface area contributed by atoms with Crippen molar-refractivity contribution >= 4 is 18.8 Å². The van der Waals surface area contributed by atoms with Crippen LogP contribution in [0.3, 0.4) is 0 Å². The summed E-state index contributed by atoms with van der Waals surface area (Å²) in [7, 11) is -1.33. The average molecular weight is 144 g/mol. The van der Waals surface area contributed by atoms with Crippen LogP contribution in [0, 0.1) is 0 Å². The molecule has 0 aliphatic heterocycles. The van der Waals surface area contributed by atoms with Crippen LogP contribution in [0.25, 0.3) is 0 Å². The summed E-state index contributed by atoms with van der Waals surface area (Å²) in [4.78, 5) is 0. The molecule has 0 fully saturated rings. The maximum absolute atomic E-state index is 5.38. The lowest BCUT2D eigenvalue weighted by Gasteiger charge is -2.01. The topological polar surface area (TPSA) is 9.23 Å². The fraction of sp³-hybridized carbons (Fsp3) is 0.200. The minimum Gasteiger partial charge on any atom is -0.456 e. The average Bonchev–Trinajstić information content (AvgIpc) is 1.83. The molecule has 0 spiro atoms. The van der Waals surface area contributed by atoms with E-state index in [-0.39, 0.29) is 9.76 Å². The Morgan fingerprint density at radius 1 is 1.62 bits per heavy atom. The Morgan fingerprint density at radius 2 is 2.25 bits per heavy atom. The summed E-state index contributed by atoms with van der Waals surface area (Å²) < 4.78 is 5.38. The van der Waals surface area contributed by atoms with Gasteiger partial charge in [0.1, 0.15) is 0 Å². The van der Waals surface area contributed by atoms with Gasteiger partial charge in [-0.05, 0) is 6.55 Å². The van der Waals surface area contributed by atoms with E-state index in [1.54, 1.807) is 0 Å². The molecule has 0 amide bonds. The second kappa shape index (κ2) is 5.02. The zero-order valence-electron chi connectivity index (χ0n) is 5.26. The third-order valence-electron chi connectivity index (χ3n) is 0.809. The van der Waals surface area contributed by atoms with Crippen LogP contribution in [0.5, 0.6) is 0 Å². The smallest absolute Gasteiger partial charge is 0.184 e. The van der Waals surface area contributed by atoms with Gasteiger partial charge < -0.3 is 4.12 Å². The molecule has 3 heteroatoms. The minimum absolute atomic E-state index is 0.382. The second-order valence-electron chi connectivity index (χ2n) is 1.56. The lowest BCUT2D eigenvalue weighted by atomic mass is 11.3. The highest BCUT2D eigenvalue weighted by Crippen LogP contribution is 1.82. The van der Waals surface area contributed by atoms with Gasteiger partial charge in [-0.2, -0.15) is 0 Å². The molecule has 8 heavy (non-hydrogen) atoms. The van der Waals surface area contributed by atoms with E-state index < -0.39 is 9.04 Å². The molecule has 0 bridgehead atoms. The molecular weight excluding hydrogens is 132 g/mol. The van der Waals surface area contributed by atoms with Crippen molar-refractivity contribution in [2.24, 2.45) is 0 Å². The zero-order chi connectivity index (χ0) is 6.41. The summed E-state index contributed by atoms with van der Waals surface area (Å²) in [6.45, 7) is 9.34. The quantitative estimate of drug-likeness (QED) is 0.516. The van der Waals surface area contributed by atoms with E-state index in [2.05, 4.69) is 19.7 Å². The van der Waals surface area contributed by atoms with Crippen LogP contribution in [-0.4, -0.2) is 18.8 Å². The standard InChI is InChI=1S/C5H12OSi2/c1-4-7-6-8(3)5-2/h4-5,8H,1-2,7H2,3H3. The number of hydrogen-bond acceptors (Lipinski definition) is 1. The molecule has 0 aliphatic rings. The van der Waals surface area contributed by atoms with Crippen molar-refractivity contribution in [1.29, 1.82) is 0 Å². The lowest BCUT2D eigenvalue weighted by molar-refractivity contribution is 0.640. The molecule has 0 rings (SSSR count). The van der Waals surface area contributed by atoms with Crippen molar-refractivity contribution < 1.29 is 4.12 Å². The first kappa shape index (κ1) is 7.87. The van der Waals surface area contributed by atoms with Gasteiger partial charge in [-0.25, -0.2) is 0 Å². The summed E-state index contributed by atoms with van der Waals surface area (Å²) in [6.07, 6.45) is 0. The molecule has 1 atom stereocenters. The Kier molecular flexibility index (Phi) is 4.94. The molecule has 0 radical (unpaired) electrons. The highest BCUT2D eigenvalue weighted by Gasteiger charge is 1.92. The van der Waals surface area contributed by atoms with E-state index in [0.717, 1.165) is 0 Å². The van der Waals surface area contributed by atoms with Crippen LogP contribution < -0.4 is 0 Å². The third-order valence-corrected chi connectivity index (χ3v) is 4.58. The van der Waals surface area contributed by atoms with E-state index in [1.807, 2.05) is 11.4 Å². The van der Waals surface area contributed by atoms with Gasteiger partial charge in [0, 0.05) is 0 Å². The van der Waals surface area contributed by atoms with Gasteiger partial charge in [0.15, 0.2) is 18.8 Å². The van der Waals surface area contributed by atoms with Gasteiger partial charge >= 0.3 is 0 Å². The van der Waals surface area contributed by atoms with Crippen molar-refractivity contribution in [2.45, 2.75) is 6.55 Å². The monoisotopic (exact) mass is 144 g/mol. The minimum atomic E-state index is -0.945. The van der Waals surface area contributed by atoms with Gasteiger partial charge in [-0.15, -0.1) is 13.2 Å². The van der Waals surface area contributed by atoms with Crippen LogP contribution >= 0.6 is 0 Å². The van der Waals surface area contributed by atoms with Gasteiger partial charge in [0.2, 0.25) is 0 Å². The molecule has 0 aromatic heterocycles. The summed E-state index contributed by atoms with van der Waals surface area (Å²) in [5.41, 5.74) is 3.82. The molecule has 0 saturated heterocycles. The predicted molar refractivity (Wildman–Crippen MR) is 43.0 cm³/mol. The van der Waals surface area contributed by atoms with E-state index >= 15 is 0 Å². The van der Waals surface area contributed by atoms with Crippen LogP contribution in [0.4, 0.5) is 0 Å². The fourth-order valence-corrected chi connectivity index (χ4v) is 2.59. The summed E-state index contributed by atoms with van der Waals surface area (Å²) in [5, 5.41) is 0. The maximum Gasteiger partial charge on any atom is 0.184 e. The molecule has 0 N–H and O–H groups in total. The van der Waals surface area contributed by atoms with Crippen molar-refractivity contribution in [2.75, 3.05) is 0 Å². The third kappa shape index (κ3) is 4.04. The van der Waals surface area contributed by atoms with Crippen molar-refractivity contribution in [1.82, 2.24) is 0 Å². The lowest BCUT2D eigenvalue weighted by Crippen LogP contribution is -2.11. The van der Waals surface area contributed by atoms with E-state index in [1.165, 1.54) is 0 Å². The van der Waals surface area contributed by atoms with Crippen LogP contribution in [0.1, 0.15) is 0 Å². The van der Waals surface area contributed by atoms with Gasteiger partial charge in [-0.1, -0.05) is 11.4 Å². The summed E-state index contributed by atoms with van der Waals surface area (Å²) >= 11 is 0. The molecule has 0 aromatic rings. The van der Waals surface area contributed by atoms with Gasteiger partial charge in [-0.3, -0.25) is 0 Å². The Labute approximate surface area is 54.7 Å². The molecule has 0 saturated carbocycles. The van der Waals surface area contributed by atoms with E-state index in [9.17, 15) is 0 Å². The Balaban J connectivity index is 3.09. The Hall–Kier alpha value is -0.126. The normalized spacial score (nSPS) is 14.1. The zero-order valence-corrected chi connectivity index (χ0v) is 7.83. The van der Waals surface area contributed by atoms with E-state index in [0.29, 0.717) is 0 Å². The molecule has 0 aliphatic carbocycles. The Bertz CT molecular complexity index is 82.5. The molecule has 1 unspecified atom stereocenters. The van der Waals surface area contributed by atoms with Crippen molar-refractivity contribution in [3.05, 3.63) is 24.6 Å². The highest BCUT2D eigenvalue weighted by atomic mass is 28.3. The van der Waals surface area contributed by atoms with Crippen LogP contribution in [0.2, 0.25) is 6.55 Å². The van der Waals surface area contributed by atoms with Crippen molar-refractivity contribution in [3.63, 3.8) is 0 Å². The Morgan fingerprint density at radius 3 is 2.62 bits per heavy atom. The van der Waals surface area contributed by atoms with Gasteiger partial charge in [0.25, 0.3) is 0 Å². The SMILES string of the molecule is C=C[SiH2]O[SiH](C)C=C. The molecular formula is C5H12OSi2. The maximum atomic E-state index is 5.38. The number of rotatable bonds is 4. The molecule has 1 nitrogen and oxygen atoms in total. The van der Waals surface area contributed by atoms with Crippen LogP contribution in [0.15, 0.2) is 24.6 Å². The number of hydrogen-bond donors (Lipinski definition) is 0. The second-order valence-corrected chi connectivity index (χ2v) is 5.69. The highest BCUT2D eigenvalue weighted by molar-refractivity contribution is 6.62. The summed E-state index contributed by atoms with van der Waals surface area (Å²) in [5.74, 6) is 0. The first-order valence-electron chi connectivity index (χ1n) is 2.66. The first-order chi connectivity index (χ1) is 3.81. The van der Waals surface area contributed by atoms with Gasteiger partial charge in [0.05, 0.1) is 0 Å². The molecule has 0 aromatic carbocycles. The predicted octanol–water partition coefficient (Wildman–Crippen LogP) is 0.309. The largest absolute Gasteiger partial charge is 0.456 e.